The molecule has 252 valence electrons. The summed E-state index contributed by atoms with van der Waals surface area (Å²) in [5, 5.41) is 9.40. The Bertz CT molecular complexity index is 1730. The summed E-state index contributed by atoms with van der Waals surface area (Å²) in [5.74, 6) is -0.0217. The summed E-state index contributed by atoms with van der Waals surface area (Å²) in [6.45, 7) is 1.86. The fourth-order valence-electron chi connectivity index (χ4n) is 6.13. The zero-order valence-electron chi connectivity index (χ0n) is 27.4. The number of carbonyl (C=O) groups is 2. The van der Waals surface area contributed by atoms with Crippen LogP contribution >= 0.6 is 0 Å². The van der Waals surface area contributed by atoms with E-state index in [1.165, 1.54) is 7.11 Å². The van der Waals surface area contributed by atoms with E-state index in [9.17, 15) is 9.59 Å². The lowest BCUT2D eigenvalue weighted by molar-refractivity contribution is -0.118. The van der Waals surface area contributed by atoms with E-state index in [4.69, 9.17) is 14.2 Å². The van der Waals surface area contributed by atoms with Gasteiger partial charge in [0.05, 0.1) is 19.5 Å². The third-order valence-corrected chi connectivity index (χ3v) is 8.61. The molecule has 4 aromatic carbocycles. The van der Waals surface area contributed by atoms with E-state index >= 15 is 0 Å². The summed E-state index contributed by atoms with van der Waals surface area (Å²) in [7, 11) is 1.29. The van der Waals surface area contributed by atoms with Crippen molar-refractivity contribution in [3.63, 3.8) is 0 Å². The number of benzene rings is 4. The first-order valence-corrected chi connectivity index (χ1v) is 16.5. The van der Waals surface area contributed by atoms with Crippen LogP contribution < -0.4 is 20.7 Å². The number of aryl methyl sites for hydroxylation is 1. The smallest absolute Gasteiger partial charge is 0.407 e. The number of rotatable bonds is 13. The van der Waals surface area contributed by atoms with Gasteiger partial charge in [-0.3, -0.25) is 4.79 Å². The van der Waals surface area contributed by atoms with Crippen molar-refractivity contribution in [2.75, 3.05) is 32.1 Å². The molecule has 0 radical (unpaired) electrons. The summed E-state index contributed by atoms with van der Waals surface area (Å²) >= 11 is 0. The normalized spacial score (nSPS) is 16.4. The fraction of sp³-hybridized carbons (Fsp3) is 0.256. The summed E-state index contributed by atoms with van der Waals surface area (Å²) in [6.07, 6.45) is 6.03. The van der Waals surface area contributed by atoms with Crippen LogP contribution in [-0.2, 0) is 20.7 Å². The molecule has 10 heteroatoms. The zero-order chi connectivity index (χ0) is 33.8. The second-order valence-corrected chi connectivity index (χ2v) is 11.9. The molecule has 0 bridgehead atoms. The number of hydrogen-bond donors (Lipinski definition) is 3. The topological polar surface area (TPSA) is 116 Å². The summed E-state index contributed by atoms with van der Waals surface area (Å²) in [6, 6.07) is 34.1. The number of methoxy groups -OCH3 is 1. The van der Waals surface area contributed by atoms with Gasteiger partial charge in [-0.15, -0.1) is 0 Å². The second-order valence-electron chi connectivity index (χ2n) is 11.9. The minimum Gasteiger partial charge on any atom is -0.491 e. The van der Waals surface area contributed by atoms with Gasteiger partial charge in [-0.2, -0.15) is 0 Å². The van der Waals surface area contributed by atoms with Crippen LogP contribution in [0.25, 0.3) is 5.69 Å². The first kappa shape index (κ1) is 33.5. The Morgan fingerprint density at radius 2 is 1.57 bits per heavy atom. The van der Waals surface area contributed by atoms with E-state index in [-0.39, 0.29) is 18.1 Å². The summed E-state index contributed by atoms with van der Waals surface area (Å²) in [4.78, 5) is 30.7. The van der Waals surface area contributed by atoms with Crippen molar-refractivity contribution in [3.05, 3.63) is 145 Å². The molecule has 3 N–H and O–H groups in total. The SMILES string of the molecule is COC(=O)NC(C(=O)Nc1ccccc1CC[C@@H]1CNC[C@@H](COc2ccc(-n3ccnc3)cc2)O1)C(c1ccccc1)c1ccccc1. The van der Waals surface area contributed by atoms with Gasteiger partial charge in [0.1, 0.15) is 24.5 Å². The molecule has 1 aliphatic heterocycles. The number of nitrogens with one attached hydrogen (secondary N) is 3. The average Bonchev–Trinajstić information content (AvgIpc) is 3.70. The predicted octanol–water partition coefficient (Wildman–Crippen LogP) is 5.74. The number of carbonyl (C=O) groups excluding carboxylic acids is 2. The van der Waals surface area contributed by atoms with Crippen LogP contribution in [0.4, 0.5) is 10.5 Å². The van der Waals surface area contributed by atoms with Crippen molar-refractivity contribution >= 4 is 17.7 Å². The van der Waals surface area contributed by atoms with Gasteiger partial charge in [0.2, 0.25) is 5.91 Å². The van der Waals surface area contributed by atoms with Crippen LogP contribution in [0.15, 0.2) is 128 Å². The number of hydrogen-bond acceptors (Lipinski definition) is 7. The minimum atomic E-state index is -0.945. The van der Waals surface area contributed by atoms with Crippen molar-refractivity contribution in [2.45, 2.75) is 37.0 Å². The summed E-state index contributed by atoms with van der Waals surface area (Å²) in [5.41, 5.74) is 4.46. The first-order chi connectivity index (χ1) is 24.1. The number of amides is 2. The molecule has 1 aromatic heterocycles. The zero-order valence-corrected chi connectivity index (χ0v) is 27.4. The van der Waals surface area contributed by atoms with Crippen molar-refractivity contribution in [3.8, 4) is 11.4 Å². The van der Waals surface area contributed by atoms with E-state index in [1.807, 2.05) is 120 Å². The molecular weight excluding hydrogens is 618 g/mol. The van der Waals surface area contributed by atoms with E-state index in [0.29, 0.717) is 25.3 Å². The predicted molar refractivity (Wildman–Crippen MR) is 188 cm³/mol. The van der Waals surface area contributed by atoms with E-state index in [0.717, 1.165) is 41.1 Å². The molecule has 0 aliphatic carbocycles. The molecule has 5 aromatic rings. The molecule has 1 unspecified atom stereocenters. The third-order valence-electron chi connectivity index (χ3n) is 8.61. The van der Waals surface area contributed by atoms with Gasteiger partial charge >= 0.3 is 6.09 Å². The van der Waals surface area contributed by atoms with Gasteiger partial charge in [-0.05, 0) is 59.9 Å². The number of aromatic nitrogens is 2. The number of nitrogens with zero attached hydrogens (tertiary/aromatic N) is 2. The van der Waals surface area contributed by atoms with Crippen LogP contribution in [0.1, 0.15) is 29.0 Å². The maximum absolute atomic E-state index is 14.1. The quantitative estimate of drug-likeness (QED) is 0.148. The standard InChI is InChI=1S/C39H41N5O5/c1-47-39(46)43-37(36(29-11-4-2-5-12-29)30-13-6-3-7-14-30)38(45)42-35-15-9-8-10-28(35)16-19-33-24-41-25-34(49-33)26-48-32-20-17-31(18-21-32)44-23-22-40-27-44/h2-15,17-18,20-23,27,33-34,36-37,41H,16,19,24-26H2,1H3,(H,42,45)(H,43,46)/t33-,34+,37?/m1/s1. The van der Waals surface area contributed by atoms with Crippen LogP contribution in [0, 0.1) is 0 Å². The Hall–Kier alpha value is -5.45. The average molecular weight is 660 g/mol. The Balaban J connectivity index is 1.09. The molecule has 1 aliphatic rings. The molecule has 6 rings (SSSR count). The van der Waals surface area contributed by atoms with Gasteiger partial charge in [0.25, 0.3) is 0 Å². The number of anilines is 1. The molecule has 1 saturated heterocycles. The van der Waals surface area contributed by atoms with E-state index in [2.05, 4.69) is 20.9 Å². The van der Waals surface area contributed by atoms with Crippen molar-refractivity contribution in [1.82, 2.24) is 20.2 Å². The van der Waals surface area contributed by atoms with E-state index < -0.39 is 18.1 Å². The number of para-hydroxylation sites is 1. The Morgan fingerprint density at radius 3 is 2.24 bits per heavy atom. The number of morpholine rings is 1. The molecular formula is C39H41N5O5. The lowest BCUT2D eigenvalue weighted by Gasteiger charge is -2.31. The van der Waals surface area contributed by atoms with Crippen LogP contribution in [-0.4, -0.2) is 66.6 Å². The molecule has 0 saturated carbocycles. The highest BCUT2D eigenvalue weighted by Crippen LogP contribution is 2.30. The van der Waals surface area contributed by atoms with Crippen LogP contribution in [0.3, 0.4) is 0 Å². The van der Waals surface area contributed by atoms with Crippen molar-refractivity contribution in [1.29, 1.82) is 0 Å². The number of imidazole rings is 1. The Kier molecular flexibility index (Phi) is 11.3. The highest BCUT2D eigenvalue weighted by Gasteiger charge is 2.33. The Morgan fingerprint density at radius 1 is 0.898 bits per heavy atom. The maximum Gasteiger partial charge on any atom is 0.407 e. The van der Waals surface area contributed by atoms with Crippen molar-refractivity contribution < 1.29 is 23.8 Å². The van der Waals surface area contributed by atoms with Crippen LogP contribution in [0.5, 0.6) is 5.75 Å². The monoisotopic (exact) mass is 659 g/mol. The third kappa shape index (κ3) is 8.92. The lowest BCUT2D eigenvalue weighted by Crippen LogP contribution is -2.48. The van der Waals surface area contributed by atoms with E-state index in [1.54, 1.807) is 12.5 Å². The number of alkyl carbamates (subject to hydrolysis) is 1. The second kappa shape index (κ2) is 16.6. The van der Waals surface area contributed by atoms with Gasteiger partial charge in [-0.25, -0.2) is 9.78 Å². The molecule has 2 heterocycles. The van der Waals surface area contributed by atoms with Gasteiger partial charge in [0.15, 0.2) is 0 Å². The van der Waals surface area contributed by atoms with Gasteiger partial charge in [-0.1, -0.05) is 78.9 Å². The fourth-order valence-corrected chi connectivity index (χ4v) is 6.13. The largest absolute Gasteiger partial charge is 0.491 e. The molecule has 2 amide bonds. The van der Waals surface area contributed by atoms with Crippen molar-refractivity contribution in [2.24, 2.45) is 0 Å². The lowest BCUT2D eigenvalue weighted by atomic mass is 9.84. The van der Waals surface area contributed by atoms with Gasteiger partial charge < -0.3 is 34.7 Å². The maximum atomic E-state index is 14.1. The molecule has 10 nitrogen and oxygen atoms in total. The Labute approximate surface area is 286 Å². The van der Waals surface area contributed by atoms with Gasteiger partial charge in [0, 0.05) is 42.8 Å². The molecule has 1 fully saturated rings. The first-order valence-electron chi connectivity index (χ1n) is 16.5. The highest BCUT2D eigenvalue weighted by atomic mass is 16.5. The molecule has 0 spiro atoms. The number of ether oxygens (including phenoxy) is 3. The highest BCUT2D eigenvalue weighted by molar-refractivity contribution is 5.98. The summed E-state index contributed by atoms with van der Waals surface area (Å²) < 4.78 is 19.3. The molecule has 3 atom stereocenters. The molecule has 49 heavy (non-hydrogen) atoms. The minimum absolute atomic E-state index is 0.0241. The van der Waals surface area contributed by atoms with Crippen LogP contribution in [0.2, 0.25) is 0 Å².